The van der Waals surface area contributed by atoms with E-state index in [1.165, 1.54) is 11.3 Å². The number of amides is 1. The van der Waals surface area contributed by atoms with E-state index in [1.54, 1.807) is 17.5 Å². The Labute approximate surface area is 74.9 Å². The van der Waals surface area contributed by atoms with Gasteiger partial charge in [0.15, 0.2) is 0 Å². The van der Waals surface area contributed by atoms with Crippen LogP contribution in [0.3, 0.4) is 0 Å². The van der Waals surface area contributed by atoms with Gasteiger partial charge in [-0.25, -0.2) is 0 Å². The summed E-state index contributed by atoms with van der Waals surface area (Å²) in [4.78, 5) is 11.8. The van der Waals surface area contributed by atoms with Crippen molar-refractivity contribution in [3.63, 3.8) is 0 Å². The molecule has 1 aromatic rings. The number of carbonyl (C=O) groups is 1. The summed E-state index contributed by atoms with van der Waals surface area (Å²) in [5.74, 6) is -0.100. The predicted octanol–water partition coefficient (Wildman–Crippen LogP) is 1.25. The number of nitrogens with one attached hydrogen (secondary N) is 1. The van der Waals surface area contributed by atoms with Crippen molar-refractivity contribution in [3.05, 3.63) is 29.0 Å². The highest BCUT2D eigenvalue weighted by atomic mass is 32.1. The van der Waals surface area contributed by atoms with Gasteiger partial charge >= 0.3 is 0 Å². The van der Waals surface area contributed by atoms with Crippen LogP contribution in [0.4, 0.5) is 5.69 Å². The van der Waals surface area contributed by atoms with Crippen molar-refractivity contribution in [2.24, 2.45) is 0 Å². The molecule has 1 heterocycles. The Hall–Kier alpha value is -1.29. The highest BCUT2D eigenvalue weighted by Gasteiger charge is 2.05. The first kappa shape index (κ1) is 8.80. The molecule has 0 saturated carbocycles. The number of thiophene rings is 1. The fraction of sp³-hybridized carbons (Fsp3) is 0.125. The zero-order valence-corrected chi connectivity index (χ0v) is 7.36. The van der Waals surface area contributed by atoms with Gasteiger partial charge in [0.1, 0.15) is 0 Å². The monoisotopic (exact) mass is 182 g/mol. The van der Waals surface area contributed by atoms with Crippen LogP contribution in [0.15, 0.2) is 24.1 Å². The number of nitrogens with two attached hydrogens (primary N) is 1. The second-order valence-electron chi connectivity index (χ2n) is 2.24. The van der Waals surface area contributed by atoms with E-state index in [0.717, 1.165) is 0 Å². The molecule has 0 radical (unpaired) electrons. The van der Waals surface area contributed by atoms with Crippen LogP contribution < -0.4 is 11.1 Å². The van der Waals surface area contributed by atoms with Crippen molar-refractivity contribution in [2.75, 3.05) is 12.3 Å². The topological polar surface area (TPSA) is 55.1 Å². The molecule has 1 amide bonds. The lowest BCUT2D eigenvalue weighted by molar-refractivity contribution is 0.0962. The van der Waals surface area contributed by atoms with E-state index in [-0.39, 0.29) is 5.91 Å². The molecular weight excluding hydrogens is 172 g/mol. The van der Waals surface area contributed by atoms with Crippen LogP contribution in [0.25, 0.3) is 0 Å². The number of hydrogen-bond acceptors (Lipinski definition) is 3. The zero-order valence-electron chi connectivity index (χ0n) is 6.54. The summed E-state index contributed by atoms with van der Waals surface area (Å²) in [6.45, 7) is 3.98. The predicted molar refractivity (Wildman–Crippen MR) is 51.3 cm³/mol. The van der Waals surface area contributed by atoms with Crippen LogP contribution in [-0.2, 0) is 0 Å². The van der Waals surface area contributed by atoms with Gasteiger partial charge in [0, 0.05) is 17.6 Å². The third-order valence-electron chi connectivity index (χ3n) is 1.25. The van der Waals surface area contributed by atoms with Gasteiger partial charge in [-0.1, -0.05) is 6.08 Å². The fourth-order valence-corrected chi connectivity index (χ4v) is 1.44. The van der Waals surface area contributed by atoms with E-state index in [0.29, 0.717) is 17.1 Å². The van der Waals surface area contributed by atoms with Crippen molar-refractivity contribution in [1.82, 2.24) is 5.32 Å². The molecule has 1 aromatic heterocycles. The fourth-order valence-electron chi connectivity index (χ4n) is 0.722. The Balaban J connectivity index is 2.59. The van der Waals surface area contributed by atoms with Crippen LogP contribution in [0.1, 0.15) is 9.67 Å². The molecule has 64 valence electrons. The Morgan fingerprint density at radius 2 is 2.58 bits per heavy atom. The number of rotatable bonds is 3. The molecule has 3 N–H and O–H groups in total. The van der Waals surface area contributed by atoms with Crippen molar-refractivity contribution >= 4 is 22.9 Å². The van der Waals surface area contributed by atoms with E-state index in [2.05, 4.69) is 11.9 Å². The van der Waals surface area contributed by atoms with E-state index in [1.807, 2.05) is 0 Å². The molecule has 0 atom stereocenters. The van der Waals surface area contributed by atoms with Crippen molar-refractivity contribution in [1.29, 1.82) is 0 Å². The minimum absolute atomic E-state index is 0.100. The van der Waals surface area contributed by atoms with Gasteiger partial charge in [-0.2, -0.15) is 0 Å². The molecule has 0 aliphatic carbocycles. The first-order chi connectivity index (χ1) is 5.74. The molecule has 0 aliphatic rings. The molecule has 0 spiro atoms. The molecule has 0 unspecified atom stereocenters. The molecule has 0 aliphatic heterocycles. The van der Waals surface area contributed by atoms with Crippen molar-refractivity contribution < 1.29 is 4.79 Å². The third-order valence-corrected chi connectivity index (χ3v) is 2.20. The van der Waals surface area contributed by atoms with Gasteiger partial charge in [-0.15, -0.1) is 17.9 Å². The largest absolute Gasteiger partial charge is 0.398 e. The van der Waals surface area contributed by atoms with Gasteiger partial charge in [0.25, 0.3) is 5.91 Å². The van der Waals surface area contributed by atoms with Gasteiger partial charge in [0.05, 0.1) is 4.88 Å². The van der Waals surface area contributed by atoms with Crippen LogP contribution in [0, 0.1) is 0 Å². The standard InChI is InChI=1S/C8H10N2OS/c1-2-3-10-8(11)7-4-6(9)5-12-7/h2,4-5H,1,3,9H2,(H,10,11). The summed E-state index contributed by atoms with van der Waals surface area (Å²) in [7, 11) is 0. The van der Waals surface area contributed by atoms with Crippen molar-refractivity contribution in [3.8, 4) is 0 Å². The second kappa shape index (κ2) is 3.92. The summed E-state index contributed by atoms with van der Waals surface area (Å²) in [5.41, 5.74) is 6.08. The van der Waals surface area contributed by atoms with Crippen LogP contribution >= 0.6 is 11.3 Å². The first-order valence-electron chi connectivity index (χ1n) is 3.47. The molecular formula is C8H10N2OS. The maximum Gasteiger partial charge on any atom is 0.261 e. The lowest BCUT2D eigenvalue weighted by Gasteiger charge is -1.96. The van der Waals surface area contributed by atoms with Gasteiger partial charge in [-0.3, -0.25) is 4.79 Å². The summed E-state index contributed by atoms with van der Waals surface area (Å²) in [6.07, 6.45) is 1.63. The summed E-state index contributed by atoms with van der Waals surface area (Å²) in [6, 6.07) is 1.66. The Kier molecular flexibility index (Phi) is 2.88. The van der Waals surface area contributed by atoms with Crippen LogP contribution in [-0.4, -0.2) is 12.5 Å². The molecule has 3 nitrogen and oxygen atoms in total. The van der Waals surface area contributed by atoms with E-state index >= 15 is 0 Å². The first-order valence-corrected chi connectivity index (χ1v) is 4.35. The maximum atomic E-state index is 11.2. The molecule has 0 saturated heterocycles. The van der Waals surface area contributed by atoms with Gasteiger partial charge < -0.3 is 11.1 Å². The van der Waals surface area contributed by atoms with Gasteiger partial charge in [-0.05, 0) is 6.07 Å². The summed E-state index contributed by atoms with van der Waals surface area (Å²) < 4.78 is 0. The maximum absolute atomic E-state index is 11.2. The number of anilines is 1. The quantitative estimate of drug-likeness (QED) is 0.691. The van der Waals surface area contributed by atoms with Gasteiger partial charge in [0.2, 0.25) is 0 Å². The van der Waals surface area contributed by atoms with Crippen molar-refractivity contribution in [2.45, 2.75) is 0 Å². The Morgan fingerprint density at radius 3 is 3.08 bits per heavy atom. The Morgan fingerprint density at radius 1 is 1.83 bits per heavy atom. The molecule has 4 heteroatoms. The SMILES string of the molecule is C=CCNC(=O)c1cc(N)cs1. The normalized spacial score (nSPS) is 9.33. The van der Waals surface area contributed by atoms with Crippen LogP contribution in [0.2, 0.25) is 0 Å². The van der Waals surface area contributed by atoms with Crippen LogP contribution in [0.5, 0.6) is 0 Å². The molecule has 0 fully saturated rings. The van der Waals surface area contributed by atoms with E-state index < -0.39 is 0 Å². The average Bonchev–Trinajstić information content (AvgIpc) is 2.47. The highest BCUT2D eigenvalue weighted by molar-refractivity contribution is 7.12. The average molecular weight is 182 g/mol. The third kappa shape index (κ3) is 2.10. The highest BCUT2D eigenvalue weighted by Crippen LogP contribution is 2.15. The zero-order chi connectivity index (χ0) is 8.97. The summed E-state index contributed by atoms with van der Waals surface area (Å²) in [5, 5.41) is 4.40. The molecule has 12 heavy (non-hydrogen) atoms. The minimum Gasteiger partial charge on any atom is -0.398 e. The second-order valence-corrected chi connectivity index (χ2v) is 3.15. The number of nitrogen functional groups attached to an aromatic ring is 1. The molecule has 0 aromatic carbocycles. The molecule has 1 rings (SSSR count). The Bertz CT molecular complexity index is 293. The van der Waals surface area contributed by atoms with E-state index in [4.69, 9.17) is 5.73 Å². The number of hydrogen-bond donors (Lipinski definition) is 2. The lowest BCUT2D eigenvalue weighted by atomic mass is 10.4. The number of carbonyl (C=O) groups excluding carboxylic acids is 1. The van der Waals surface area contributed by atoms with E-state index in [9.17, 15) is 4.79 Å². The summed E-state index contributed by atoms with van der Waals surface area (Å²) >= 11 is 1.34. The molecule has 0 bridgehead atoms. The smallest absolute Gasteiger partial charge is 0.261 e. The minimum atomic E-state index is -0.100. The lowest BCUT2D eigenvalue weighted by Crippen LogP contribution is -2.21.